The summed E-state index contributed by atoms with van der Waals surface area (Å²) in [5.41, 5.74) is 2.57. The van der Waals surface area contributed by atoms with Gasteiger partial charge in [0.05, 0.1) is 17.7 Å². The molecule has 0 radical (unpaired) electrons. The number of para-hydroxylation sites is 2. The van der Waals surface area contributed by atoms with E-state index in [4.69, 9.17) is 9.47 Å². The number of likely N-dealkylation sites (N-methyl/N-ethyl adjacent to an activating group) is 1. The number of aryl methyl sites for hydroxylation is 1. The molecule has 2 heterocycles. The minimum Gasteiger partial charge on any atom is -0.486 e. The minimum atomic E-state index is -0.165. The highest BCUT2D eigenvalue weighted by molar-refractivity contribution is 7.11. The smallest absolute Gasteiger partial charge is 0.265 e. The number of carbonyl (C=O) groups excluding carboxylic acids is 1. The standard InChI is InChI=1S/C16H18N2O3S/c1-3-12-15(22-10-17-12)16(19)18(2)8-11-9-20-13-6-4-5-7-14(13)21-11/h4-7,10-11H,3,8-9H2,1-2H3/t11-/m1/s1. The van der Waals surface area contributed by atoms with E-state index in [9.17, 15) is 4.79 Å². The second-order valence-corrected chi connectivity index (χ2v) is 6.02. The van der Waals surface area contributed by atoms with Gasteiger partial charge >= 0.3 is 0 Å². The second kappa shape index (κ2) is 6.36. The molecule has 6 heteroatoms. The average molecular weight is 318 g/mol. The summed E-state index contributed by atoms with van der Waals surface area (Å²) in [7, 11) is 1.78. The first kappa shape index (κ1) is 14.8. The van der Waals surface area contributed by atoms with Crippen molar-refractivity contribution in [3.63, 3.8) is 0 Å². The van der Waals surface area contributed by atoms with E-state index in [2.05, 4.69) is 4.98 Å². The van der Waals surface area contributed by atoms with Crippen LogP contribution in [0.1, 0.15) is 22.3 Å². The van der Waals surface area contributed by atoms with Crippen LogP contribution < -0.4 is 9.47 Å². The molecule has 0 bridgehead atoms. The van der Waals surface area contributed by atoms with E-state index in [1.807, 2.05) is 31.2 Å². The first-order valence-corrected chi connectivity index (χ1v) is 8.13. The fraction of sp³-hybridized carbons (Fsp3) is 0.375. The van der Waals surface area contributed by atoms with Crippen molar-refractivity contribution in [2.45, 2.75) is 19.4 Å². The highest BCUT2D eigenvalue weighted by Crippen LogP contribution is 2.31. The lowest BCUT2D eigenvalue weighted by molar-refractivity contribution is 0.0523. The summed E-state index contributed by atoms with van der Waals surface area (Å²) in [6.45, 7) is 2.92. The van der Waals surface area contributed by atoms with Gasteiger partial charge in [0.1, 0.15) is 11.5 Å². The molecule has 0 saturated carbocycles. The Morgan fingerprint density at radius 3 is 2.95 bits per heavy atom. The Hall–Kier alpha value is -2.08. The van der Waals surface area contributed by atoms with Crippen molar-refractivity contribution in [1.29, 1.82) is 0 Å². The Bertz CT molecular complexity index is 671. The fourth-order valence-electron chi connectivity index (χ4n) is 2.41. The van der Waals surface area contributed by atoms with Crippen LogP contribution in [-0.2, 0) is 6.42 Å². The highest BCUT2D eigenvalue weighted by Gasteiger charge is 2.25. The summed E-state index contributed by atoms with van der Waals surface area (Å²) in [5, 5.41) is 0. The van der Waals surface area contributed by atoms with Crippen LogP contribution in [0.4, 0.5) is 0 Å². The molecule has 0 saturated heterocycles. The molecule has 1 aromatic heterocycles. The van der Waals surface area contributed by atoms with Gasteiger partial charge in [0, 0.05) is 7.05 Å². The first-order valence-electron chi connectivity index (χ1n) is 7.25. The van der Waals surface area contributed by atoms with Crippen molar-refractivity contribution in [1.82, 2.24) is 9.88 Å². The Kier molecular flexibility index (Phi) is 4.29. The molecular formula is C16H18N2O3S. The van der Waals surface area contributed by atoms with E-state index in [0.717, 1.165) is 23.6 Å². The molecule has 1 atom stereocenters. The van der Waals surface area contributed by atoms with Gasteiger partial charge < -0.3 is 14.4 Å². The molecule has 0 aliphatic carbocycles. The maximum atomic E-state index is 12.5. The van der Waals surface area contributed by atoms with Crippen molar-refractivity contribution in [2.75, 3.05) is 20.2 Å². The van der Waals surface area contributed by atoms with Crippen LogP contribution in [0.5, 0.6) is 11.5 Å². The maximum absolute atomic E-state index is 12.5. The molecule has 0 unspecified atom stereocenters. The lowest BCUT2D eigenvalue weighted by Crippen LogP contribution is -2.41. The maximum Gasteiger partial charge on any atom is 0.265 e. The zero-order valence-corrected chi connectivity index (χ0v) is 13.4. The van der Waals surface area contributed by atoms with Crippen LogP contribution in [0.15, 0.2) is 29.8 Å². The summed E-state index contributed by atoms with van der Waals surface area (Å²) >= 11 is 1.39. The van der Waals surface area contributed by atoms with Gasteiger partial charge in [0.2, 0.25) is 0 Å². The largest absolute Gasteiger partial charge is 0.486 e. The minimum absolute atomic E-state index is 0.0122. The predicted molar refractivity (Wildman–Crippen MR) is 84.8 cm³/mol. The number of hydrogen-bond acceptors (Lipinski definition) is 5. The second-order valence-electron chi connectivity index (χ2n) is 5.17. The molecule has 1 amide bonds. The number of rotatable bonds is 4. The third kappa shape index (κ3) is 2.92. The van der Waals surface area contributed by atoms with E-state index >= 15 is 0 Å². The molecule has 1 aromatic carbocycles. The Balaban J connectivity index is 1.65. The number of thiazole rings is 1. The lowest BCUT2D eigenvalue weighted by atomic mass is 10.2. The van der Waals surface area contributed by atoms with E-state index < -0.39 is 0 Å². The summed E-state index contributed by atoms with van der Waals surface area (Å²) in [5.74, 6) is 1.47. The highest BCUT2D eigenvalue weighted by atomic mass is 32.1. The van der Waals surface area contributed by atoms with Gasteiger partial charge in [0.25, 0.3) is 5.91 Å². The molecule has 5 nitrogen and oxygen atoms in total. The van der Waals surface area contributed by atoms with E-state index in [0.29, 0.717) is 18.0 Å². The number of amides is 1. The van der Waals surface area contributed by atoms with Gasteiger partial charge in [-0.2, -0.15) is 0 Å². The number of benzene rings is 1. The van der Waals surface area contributed by atoms with Gasteiger partial charge in [-0.3, -0.25) is 4.79 Å². The molecule has 0 N–H and O–H groups in total. The Morgan fingerprint density at radius 1 is 1.41 bits per heavy atom. The summed E-state index contributed by atoms with van der Waals surface area (Å²) in [6.07, 6.45) is 0.594. The number of nitrogens with zero attached hydrogens (tertiary/aromatic N) is 2. The van der Waals surface area contributed by atoms with Crippen LogP contribution in [0.25, 0.3) is 0 Å². The molecule has 116 valence electrons. The molecular weight excluding hydrogens is 300 g/mol. The zero-order chi connectivity index (χ0) is 15.5. The van der Waals surface area contributed by atoms with Crippen LogP contribution >= 0.6 is 11.3 Å². The molecule has 0 spiro atoms. The third-order valence-electron chi connectivity index (χ3n) is 3.56. The van der Waals surface area contributed by atoms with E-state index in [1.54, 1.807) is 17.5 Å². The molecule has 3 rings (SSSR count). The molecule has 1 aliphatic heterocycles. The Labute approximate surface area is 133 Å². The lowest BCUT2D eigenvalue weighted by Gasteiger charge is -2.29. The number of fused-ring (bicyclic) bond motifs is 1. The number of ether oxygens (including phenoxy) is 2. The SMILES string of the molecule is CCc1ncsc1C(=O)N(C)C[C@@H]1COc2ccccc2O1. The van der Waals surface area contributed by atoms with Gasteiger partial charge in [-0.25, -0.2) is 4.98 Å². The topological polar surface area (TPSA) is 51.7 Å². The van der Waals surface area contributed by atoms with Crippen molar-refractivity contribution < 1.29 is 14.3 Å². The third-order valence-corrected chi connectivity index (χ3v) is 4.42. The number of carbonyl (C=O) groups is 1. The summed E-state index contributed by atoms with van der Waals surface area (Å²) in [6, 6.07) is 7.57. The average Bonchev–Trinajstić information content (AvgIpc) is 3.02. The first-order chi connectivity index (χ1) is 10.7. The predicted octanol–water partition coefficient (Wildman–Crippen LogP) is 2.62. The van der Waals surface area contributed by atoms with E-state index in [1.165, 1.54) is 11.3 Å². The van der Waals surface area contributed by atoms with Gasteiger partial charge in [0.15, 0.2) is 17.6 Å². The summed E-state index contributed by atoms with van der Waals surface area (Å²) < 4.78 is 11.6. The molecule has 0 fully saturated rings. The van der Waals surface area contributed by atoms with Crippen molar-refractivity contribution in [2.24, 2.45) is 0 Å². The van der Waals surface area contributed by atoms with Crippen LogP contribution in [0.3, 0.4) is 0 Å². The quantitative estimate of drug-likeness (QED) is 0.869. The monoisotopic (exact) mass is 318 g/mol. The van der Waals surface area contributed by atoms with Crippen LogP contribution in [0, 0.1) is 0 Å². The Morgan fingerprint density at radius 2 is 2.18 bits per heavy atom. The van der Waals surface area contributed by atoms with Crippen molar-refractivity contribution in [3.8, 4) is 11.5 Å². The van der Waals surface area contributed by atoms with E-state index in [-0.39, 0.29) is 12.0 Å². The number of hydrogen-bond donors (Lipinski definition) is 0. The molecule has 22 heavy (non-hydrogen) atoms. The normalized spacial score (nSPS) is 16.4. The summed E-state index contributed by atoms with van der Waals surface area (Å²) in [4.78, 5) is 19.1. The van der Waals surface area contributed by atoms with Gasteiger partial charge in [-0.05, 0) is 18.6 Å². The van der Waals surface area contributed by atoms with Crippen LogP contribution in [0.2, 0.25) is 0 Å². The van der Waals surface area contributed by atoms with Crippen molar-refractivity contribution in [3.05, 3.63) is 40.3 Å². The molecule has 1 aliphatic rings. The fourth-order valence-corrected chi connectivity index (χ4v) is 3.28. The molecule has 2 aromatic rings. The number of aromatic nitrogens is 1. The zero-order valence-electron chi connectivity index (χ0n) is 12.6. The van der Waals surface area contributed by atoms with Gasteiger partial charge in [-0.1, -0.05) is 19.1 Å². The van der Waals surface area contributed by atoms with Gasteiger partial charge in [-0.15, -0.1) is 11.3 Å². The van der Waals surface area contributed by atoms with Crippen LogP contribution in [-0.4, -0.2) is 42.1 Å². The van der Waals surface area contributed by atoms with Crippen molar-refractivity contribution >= 4 is 17.2 Å².